The Morgan fingerprint density at radius 2 is 1.82 bits per heavy atom. The molecule has 2 heterocycles. The summed E-state index contributed by atoms with van der Waals surface area (Å²) in [6, 6.07) is 9.77. The first kappa shape index (κ1) is 19.6. The fourth-order valence-corrected chi connectivity index (χ4v) is 3.29. The van der Waals surface area contributed by atoms with Crippen molar-refractivity contribution in [3.63, 3.8) is 0 Å². The summed E-state index contributed by atoms with van der Waals surface area (Å²) >= 11 is 1.35. The Morgan fingerprint density at radius 1 is 1.11 bits per heavy atom. The first-order chi connectivity index (χ1) is 13.5. The standard InChI is InChI=1S/C20H18N2O5S/c1-12-8-13(2)22-20(21-12)28-11-14-9-16(23)18(10-26-14)27-19(24)15-6-4-5-7-17(15)25-3/h4-10H,11H2,1-3H3. The van der Waals surface area contributed by atoms with Crippen LogP contribution in [0, 0.1) is 13.8 Å². The van der Waals surface area contributed by atoms with Crippen LogP contribution in [0.4, 0.5) is 0 Å². The van der Waals surface area contributed by atoms with Gasteiger partial charge in [-0.3, -0.25) is 4.79 Å². The monoisotopic (exact) mass is 398 g/mol. The summed E-state index contributed by atoms with van der Waals surface area (Å²) in [6.07, 6.45) is 1.13. The van der Waals surface area contributed by atoms with Crippen molar-refractivity contribution in [1.82, 2.24) is 9.97 Å². The van der Waals surface area contributed by atoms with E-state index < -0.39 is 11.4 Å². The van der Waals surface area contributed by atoms with Gasteiger partial charge in [-0.15, -0.1) is 0 Å². The second-order valence-corrected chi connectivity index (χ2v) is 6.83. The molecule has 0 amide bonds. The zero-order chi connectivity index (χ0) is 20.1. The van der Waals surface area contributed by atoms with Crippen molar-refractivity contribution in [2.24, 2.45) is 0 Å². The number of hydrogen-bond acceptors (Lipinski definition) is 8. The fourth-order valence-electron chi connectivity index (χ4n) is 2.45. The molecule has 0 saturated carbocycles. The van der Waals surface area contributed by atoms with E-state index in [2.05, 4.69) is 9.97 Å². The Kier molecular flexibility index (Phi) is 6.10. The highest BCUT2D eigenvalue weighted by Crippen LogP contribution is 2.22. The van der Waals surface area contributed by atoms with Crippen molar-refractivity contribution in [2.45, 2.75) is 24.8 Å². The second kappa shape index (κ2) is 8.71. The lowest BCUT2D eigenvalue weighted by atomic mass is 10.2. The van der Waals surface area contributed by atoms with Crippen LogP contribution in [-0.2, 0) is 5.75 Å². The normalized spacial score (nSPS) is 10.5. The van der Waals surface area contributed by atoms with E-state index >= 15 is 0 Å². The van der Waals surface area contributed by atoms with Gasteiger partial charge in [0.1, 0.15) is 23.3 Å². The molecule has 0 aliphatic rings. The van der Waals surface area contributed by atoms with Crippen LogP contribution < -0.4 is 14.9 Å². The van der Waals surface area contributed by atoms with Crippen molar-refractivity contribution in [2.75, 3.05) is 7.11 Å². The number of ether oxygens (including phenoxy) is 2. The molecular formula is C20H18N2O5S. The minimum absolute atomic E-state index is 0.188. The van der Waals surface area contributed by atoms with E-state index in [0.717, 1.165) is 17.7 Å². The maximum Gasteiger partial charge on any atom is 0.347 e. The smallest absolute Gasteiger partial charge is 0.347 e. The first-order valence-electron chi connectivity index (χ1n) is 8.38. The highest BCUT2D eigenvalue weighted by atomic mass is 32.2. The van der Waals surface area contributed by atoms with Gasteiger partial charge in [0.15, 0.2) is 5.16 Å². The fraction of sp³-hybridized carbons (Fsp3) is 0.200. The van der Waals surface area contributed by atoms with Gasteiger partial charge < -0.3 is 13.9 Å². The molecule has 0 bridgehead atoms. The van der Waals surface area contributed by atoms with Gasteiger partial charge in [-0.1, -0.05) is 23.9 Å². The molecule has 0 unspecified atom stereocenters. The summed E-state index contributed by atoms with van der Waals surface area (Å²) in [5, 5.41) is 0.604. The van der Waals surface area contributed by atoms with Gasteiger partial charge in [-0.2, -0.15) is 0 Å². The van der Waals surface area contributed by atoms with Crippen LogP contribution in [0.1, 0.15) is 27.5 Å². The molecule has 3 rings (SSSR count). The van der Waals surface area contributed by atoms with Gasteiger partial charge >= 0.3 is 5.97 Å². The summed E-state index contributed by atoms with van der Waals surface area (Å²) in [5.74, 6) is 0.273. The third-order valence-corrected chi connectivity index (χ3v) is 4.56. The summed E-state index contributed by atoms with van der Waals surface area (Å²) < 4.78 is 15.7. The van der Waals surface area contributed by atoms with Gasteiger partial charge in [-0.05, 0) is 32.0 Å². The number of thioether (sulfide) groups is 1. The molecule has 28 heavy (non-hydrogen) atoms. The van der Waals surface area contributed by atoms with Crippen LogP contribution in [0.2, 0.25) is 0 Å². The molecule has 0 radical (unpaired) electrons. The minimum atomic E-state index is -0.699. The number of carbonyl (C=O) groups excluding carboxylic acids is 1. The molecule has 0 saturated heterocycles. The van der Waals surface area contributed by atoms with Gasteiger partial charge in [0, 0.05) is 17.5 Å². The molecule has 8 heteroatoms. The lowest BCUT2D eigenvalue weighted by Crippen LogP contribution is -2.15. The van der Waals surface area contributed by atoms with E-state index in [1.807, 2.05) is 19.9 Å². The molecule has 0 atom stereocenters. The third-order valence-electron chi connectivity index (χ3n) is 3.69. The largest absolute Gasteiger partial charge is 0.496 e. The molecule has 1 aromatic carbocycles. The zero-order valence-corrected chi connectivity index (χ0v) is 16.4. The molecule has 0 fully saturated rings. The number of para-hydroxylation sites is 1. The SMILES string of the molecule is COc1ccccc1C(=O)Oc1coc(CSc2nc(C)cc(C)n2)cc1=O. The predicted molar refractivity (Wildman–Crippen MR) is 104 cm³/mol. The molecular weight excluding hydrogens is 380 g/mol. The summed E-state index contributed by atoms with van der Waals surface area (Å²) in [4.78, 5) is 33.2. The number of aromatic nitrogens is 2. The van der Waals surface area contributed by atoms with Crippen LogP contribution in [0.15, 0.2) is 57.0 Å². The van der Waals surface area contributed by atoms with Crippen LogP contribution in [0.3, 0.4) is 0 Å². The Bertz CT molecular complexity index is 1040. The molecule has 0 aliphatic heterocycles. The van der Waals surface area contributed by atoms with Gasteiger partial charge in [0.05, 0.1) is 12.9 Å². The van der Waals surface area contributed by atoms with Gasteiger partial charge in [-0.25, -0.2) is 14.8 Å². The highest BCUT2D eigenvalue weighted by molar-refractivity contribution is 7.98. The number of methoxy groups -OCH3 is 1. The quantitative estimate of drug-likeness (QED) is 0.354. The number of hydrogen-bond donors (Lipinski definition) is 0. The highest BCUT2D eigenvalue weighted by Gasteiger charge is 2.16. The minimum Gasteiger partial charge on any atom is -0.496 e. The summed E-state index contributed by atoms with van der Waals surface area (Å²) in [6.45, 7) is 3.79. The molecule has 144 valence electrons. The number of aryl methyl sites for hydroxylation is 2. The number of benzene rings is 1. The van der Waals surface area contributed by atoms with Crippen LogP contribution in [-0.4, -0.2) is 23.0 Å². The average Bonchev–Trinajstić information content (AvgIpc) is 2.67. The third kappa shape index (κ3) is 4.77. The molecule has 3 aromatic rings. The van der Waals surface area contributed by atoms with Crippen molar-refractivity contribution in [3.8, 4) is 11.5 Å². The molecule has 0 spiro atoms. The zero-order valence-electron chi connectivity index (χ0n) is 15.6. The van der Waals surface area contributed by atoms with Crippen LogP contribution in [0.25, 0.3) is 0 Å². The summed E-state index contributed by atoms with van der Waals surface area (Å²) in [5.41, 5.74) is 1.51. The van der Waals surface area contributed by atoms with Crippen molar-refractivity contribution in [1.29, 1.82) is 0 Å². The molecule has 0 N–H and O–H groups in total. The predicted octanol–water partition coefficient (Wildman–Crippen LogP) is 3.57. The van der Waals surface area contributed by atoms with Crippen LogP contribution >= 0.6 is 11.8 Å². The van der Waals surface area contributed by atoms with Gasteiger partial charge in [0.2, 0.25) is 11.2 Å². The van der Waals surface area contributed by atoms with Crippen molar-refractivity contribution < 1.29 is 18.7 Å². The second-order valence-electron chi connectivity index (χ2n) is 5.89. The van der Waals surface area contributed by atoms with Gasteiger partial charge in [0.25, 0.3) is 0 Å². The van der Waals surface area contributed by atoms with Crippen LogP contribution in [0.5, 0.6) is 11.5 Å². The van der Waals surface area contributed by atoms with E-state index in [1.165, 1.54) is 24.9 Å². The Labute approximate surface area is 165 Å². The molecule has 7 nitrogen and oxygen atoms in total. The number of carbonyl (C=O) groups is 1. The lowest BCUT2D eigenvalue weighted by molar-refractivity contribution is 0.0725. The molecule has 2 aromatic heterocycles. The van der Waals surface area contributed by atoms with Crippen molar-refractivity contribution >= 4 is 17.7 Å². The average molecular weight is 398 g/mol. The van der Waals surface area contributed by atoms with E-state index in [1.54, 1.807) is 24.3 Å². The lowest BCUT2D eigenvalue weighted by Gasteiger charge is -2.08. The first-order valence-corrected chi connectivity index (χ1v) is 9.37. The number of esters is 1. The van der Waals surface area contributed by atoms with E-state index in [4.69, 9.17) is 13.9 Å². The maximum absolute atomic E-state index is 12.3. The van der Waals surface area contributed by atoms with E-state index in [0.29, 0.717) is 22.4 Å². The number of rotatable bonds is 6. The maximum atomic E-state index is 12.3. The summed E-state index contributed by atoms with van der Waals surface area (Å²) in [7, 11) is 1.45. The topological polar surface area (TPSA) is 91.5 Å². The Hall–Kier alpha value is -3.13. The number of nitrogens with zero attached hydrogens (tertiary/aromatic N) is 2. The molecule has 0 aliphatic carbocycles. The van der Waals surface area contributed by atoms with E-state index in [-0.39, 0.29) is 11.3 Å². The Morgan fingerprint density at radius 3 is 2.50 bits per heavy atom. The van der Waals surface area contributed by atoms with E-state index in [9.17, 15) is 9.59 Å². The Balaban J connectivity index is 1.70. The van der Waals surface area contributed by atoms with Crippen molar-refractivity contribution in [3.05, 3.63) is 75.6 Å².